The second kappa shape index (κ2) is 5.59. The minimum absolute atomic E-state index is 0.0484. The number of hydrogen-bond donors (Lipinski definition) is 1. The van der Waals surface area contributed by atoms with E-state index in [1.165, 1.54) is 5.69 Å². The number of aromatic nitrogens is 2. The molecule has 0 aliphatic carbocycles. The van der Waals surface area contributed by atoms with Gasteiger partial charge in [-0.15, -0.1) is 0 Å². The minimum atomic E-state index is 0.0484. The summed E-state index contributed by atoms with van der Waals surface area (Å²) >= 11 is 5.19. The number of rotatable bonds is 4. The monoisotopic (exact) mass is 280 g/mol. The van der Waals surface area contributed by atoms with Crippen molar-refractivity contribution in [1.29, 1.82) is 0 Å². The normalized spacial score (nSPS) is 19.5. The molecule has 1 aliphatic rings. The molecule has 1 fully saturated rings. The van der Waals surface area contributed by atoms with Crippen LogP contribution in [-0.4, -0.2) is 32.8 Å². The van der Waals surface area contributed by atoms with Crippen molar-refractivity contribution in [3.05, 3.63) is 17.5 Å². The molecule has 0 saturated carbocycles. The number of nitrogens with zero attached hydrogens (tertiary/aromatic N) is 3. The van der Waals surface area contributed by atoms with Crippen LogP contribution in [0, 0.1) is 12.3 Å². The highest BCUT2D eigenvalue weighted by Gasteiger charge is 2.32. The van der Waals surface area contributed by atoms with Gasteiger partial charge in [0.1, 0.15) is 0 Å². The Hall–Kier alpha value is -0.940. The van der Waals surface area contributed by atoms with Gasteiger partial charge in [0.25, 0.3) is 0 Å². The van der Waals surface area contributed by atoms with E-state index in [1.54, 1.807) is 0 Å². The lowest BCUT2D eigenvalue weighted by Crippen LogP contribution is -2.44. The smallest absolute Gasteiger partial charge is 0.0788 e. The average Bonchev–Trinajstić information content (AvgIpc) is 2.72. The molecule has 2 rings (SSSR count). The van der Waals surface area contributed by atoms with Crippen molar-refractivity contribution in [2.24, 2.45) is 11.1 Å². The van der Waals surface area contributed by atoms with Crippen LogP contribution < -0.4 is 5.73 Å². The standard InChI is InChI=1S/C14H24N4S/c1-4-18-12(9-11(2)16-18)10-17-7-5-14(3,6-8-17)13(15)19/h9H,4-8,10H2,1-3H3,(H2,15,19). The van der Waals surface area contributed by atoms with Crippen molar-refractivity contribution in [2.45, 2.75) is 46.7 Å². The van der Waals surface area contributed by atoms with Crippen LogP contribution in [0.1, 0.15) is 38.1 Å². The van der Waals surface area contributed by atoms with Crippen LogP contribution in [0.15, 0.2) is 6.07 Å². The predicted octanol–water partition coefficient (Wildman–Crippen LogP) is 2.10. The van der Waals surface area contributed by atoms with Crippen LogP contribution in [0.3, 0.4) is 0 Å². The summed E-state index contributed by atoms with van der Waals surface area (Å²) in [6.07, 6.45) is 2.11. The van der Waals surface area contributed by atoms with Gasteiger partial charge in [-0.3, -0.25) is 9.58 Å². The van der Waals surface area contributed by atoms with Gasteiger partial charge < -0.3 is 5.73 Å². The number of nitrogens with two attached hydrogens (primary N) is 1. The number of thiocarbonyl (C=S) groups is 1. The molecule has 0 unspecified atom stereocenters. The molecule has 0 amide bonds. The summed E-state index contributed by atoms with van der Waals surface area (Å²) < 4.78 is 2.09. The van der Waals surface area contributed by atoms with E-state index in [0.29, 0.717) is 4.99 Å². The van der Waals surface area contributed by atoms with Crippen molar-refractivity contribution >= 4 is 17.2 Å². The van der Waals surface area contributed by atoms with Crippen LogP contribution in [0.25, 0.3) is 0 Å². The third kappa shape index (κ3) is 3.15. The fourth-order valence-electron chi connectivity index (χ4n) is 2.68. The Morgan fingerprint density at radius 2 is 2.11 bits per heavy atom. The van der Waals surface area contributed by atoms with E-state index in [0.717, 1.165) is 44.7 Å². The Bertz CT molecular complexity index is 458. The van der Waals surface area contributed by atoms with Gasteiger partial charge in [0.15, 0.2) is 0 Å². The first-order chi connectivity index (χ1) is 8.94. The third-order valence-corrected chi connectivity index (χ3v) is 4.72. The summed E-state index contributed by atoms with van der Waals surface area (Å²) in [5.41, 5.74) is 8.30. The first kappa shape index (κ1) is 14.5. The maximum absolute atomic E-state index is 5.85. The predicted molar refractivity (Wildman–Crippen MR) is 82.0 cm³/mol. The van der Waals surface area contributed by atoms with E-state index in [2.05, 4.69) is 41.5 Å². The lowest BCUT2D eigenvalue weighted by atomic mass is 9.80. The summed E-state index contributed by atoms with van der Waals surface area (Å²) in [5.74, 6) is 0. The first-order valence-electron chi connectivity index (χ1n) is 7.00. The highest BCUT2D eigenvalue weighted by Crippen LogP contribution is 2.31. The van der Waals surface area contributed by atoms with Gasteiger partial charge in [0.2, 0.25) is 0 Å². The number of piperidine rings is 1. The molecule has 5 heteroatoms. The number of likely N-dealkylation sites (tertiary alicyclic amines) is 1. The zero-order chi connectivity index (χ0) is 14.0. The summed E-state index contributed by atoms with van der Waals surface area (Å²) in [5, 5.41) is 4.50. The van der Waals surface area contributed by atoms with Crippen molar-refractivity contribution in [1.82, 2.24) is 14.7 Å². The Morgan fingerprint density at radius 3 is 2.63 bits per heavy atom. The van der Waals surface area contributed by atoms with Gasteiger partial charge in [-0.05, 0) is 45.8 Å². The molecule has 19 heavy (non-hydrogen) atoms. The maximum atomic E-state index is 5.85. The van der Waals surface area contributed by atoms with Gasteiger partial charge in [-0.1, -0.05) is 19.1 Å². The molecule has 106 valence electrons. The van der Waals surface area contributed by atoms with Gasteiger partial charge in [0.05, 0.1) is 16.4 Å². The largest absolute Gasteiger partial charge is 0.393 e. The molecule has 2 N–H and O–H groups in total. The SMILES string of the molecule is CCn1nc(C)cc1CN1CCC(C)(C(N)=S)CC1. The highest BCUT2D eigenvalue weighted by atomic mass is 32.1. The number of hydrogen-bond acceptors (Lipinski definition) is 3. The summed E-state index contributed by atoms with van der Waals surface area (Å²) in [6.45, 7) is 10.4. The van der Waals surface area contributed by atoms with Crippen molar-refractivity contribution in [2.75, 3.05) is 13.1 Å². The van der Waals surface area contributed by atoms with E-state index in [-0.39, 0.29) is 5.41 Å². The quantitative estimate of drug-likeness (QED) is 0.858. The van der Waals surface area contributed by atoms with Gasteiger partial charge >= 0.3 is 0 Å². The van der Waals surface area contributed by atoms with E-state index in [9.17, 15) is 0 Å². The molecule has 0 atom stereocenters. The molecule has 0 bridgehead atoms. The first-order valence-corrected chi connectivity index (χ1v) is 7.41. The number of aryl methyl sites for hydroxylation is 2. The molecule has 2 heterocycles. The Labute approximate surface area is 121 Å². The van der Waals surface area contributed by atoms with E-state index < -0.39 is 0 Å². The van der Waals surface area contributed by atoms with E-state index in [4.69, 9.17) is 18.0 Å². The van der Waals surface area contributed by atoms with Crippen LogP contribution in [0.5, 0.6) is 0 Å². The van der Waals surface area contributed by atoms with Gasteiger partial charge in [-0.25, -0.2) is 0 Å². The average molecular weight is 280 g/mol. The molecule has 1 aliphatic heterocycles. The molecule has 0 radical (unpaired) electrons. The summed E-state index contributed by atoms with van der Waals surface area (Å²) in [4.78, 5) is 3.14. The topological polar surface area (TPSA) is 47.1 Å². The van der Waals surface area contributed by atoms with Crippen LogP contribution in [0.2, 0.25) is 0 Å². The van der Waals surface area contributed by atoms with Gasteiger partial charge in [-0.2, -0.15) is 5.10 Å². The Kier molecular flexibility index (Phi) is 4.26. The minimum Gasteiger partial charge on any atom is -0.393 e. The molecular formula is C14H24N4S. The second-order valence-corrected chi connectivity index (χ2v) is 6.23. The van der Waals surface area contributed by atoms with Gasteiger partial charge in [0, 0.05) is 18.5 Å². The molecule has 0 aromatic carbocycles. The molecule has 4 nitrogen and oxygen atoms in total. The Balaban J connectivity index is 1.97. The summed E-state index contributed by atoms with van der Waals surface area (Å²) in [7, 11) is 0. The highest BCUT2D eigenvalue weighted by molar-refractivity contribution is 7.80. The molecule has 1 aromatic heterocycles. The fourth-order valence-corrected chi connectivity index (χ4v) is 2.88. The lowest BCUT2D eigenvalue weighted by molar-refractivity contribution is 0.154. The molecule has 1 aromatic rings. The van der Waals surface area contributed by atoms with Crippen molar-refractivity contribution in [3.8, 4) is 0 Å². The maximum Gasteiger partial charge on any atom is 0.0788 e. The second-order valence-electron chi connectivity index (χ2n) is 5.79. The van der Waals surface area contributed by atoms with Crippen LogP contribution in [-0.2, 0) is 13.1 Å². The molecular weight excluding hydrogens is 256 g/mol. The molecule has 0 spiro atoms. The fraction of sp³-hybridized carbons (Fsp3) is 0.714. The lowest BCUT2D eigenvalue weighted by Gasteiger charge is -2.38. The zero-order valence-electron chi connectivity index (χ0n) is 12.1. The van der Waals surface area contributed by atoms with Crippen LogP contribution in [0.4, 0.5) is 0 Å². The van der Waals surface area contributed by atoms with E-state index >= 15 is 0 Å². The third-order valence-electron chi connectivity index (χ3n) is 4.23. The van der Waals surface area contributed by atoms with E-state index in [1.807, 2.05) is 0 Å². The molecule has 1 saturated heterocycles. The van der Waals surface area contributed by atoms with Crippen molar-refractivity contribution in [3.63, 3.8) is 0 Å². The van der Waals surface area contributed by atoms with Crippen molar-refractivity contribution < 1.29 is 0 Å². The van der Waals surface area contributed by atoms with Crippen LogP contribution >= 0.6 is 12.2 Å². The zero-order valence-corrected chi connectivity index (χ0v) is 13.0. The Morgan fingerprint density at radius 1 is 1.47 bits per heavy atom. The summed E-state index contributed by atoms with van der Waals surface area (Å²) in [6, 6.07) is 2.19.